The molecule has 1 fully saturated rings. The molecule has 0 bridgehead atoms. The highest BCUT2D eigenvalue weighted by Crippen LogP contribution is 2.32. The zero-order valence-corrected chi connectivity index (χ0v) is 12.7. The highest BCUT2D eigenvalue weighted by Gasteiger charge is 2.45. The molecule has 1 amide bonds. The Morgan fingerprint density at radius 2 is 2.00 bits per heavy atom. The molecule has 0 saturated heterocycles. The lowest BCUT2D eigenvalue weighted by Crippen LogP contribution is -2.59. The van der Waals surface area contributed by atoms with Gasteiger partial charge in [0.25, 0.3) is 0 Å². The van der Waals surface area contributed by atoms with Crippen LogP contribution in [0.4, 0.5) is 4.39 Å². The molecule has 7 heteroatoms. The minimum absolute atomic E-state index is 0.0349. The lowest BCUT2D eigenvalue weighted by molar-refractivity contribution is -0.151. The first kappa shape index (κ1) is 16.9. The van der Waals surface area contributed by atoms with Gasteiger partial charge in [0.2, 0.25) is 5.91 Å². The summed E-state index contributed by atoms with van der Waals surface area (Å²) >= 11 is 0. The molecular weight excluding hydrogens is 305 g/mol. The van der Waals surface area contributed by atoms with Crippen LogP contribution < -0.4 is 10.1 Å². The van der Waals surface area contributed by atoms with E-state index in [1.165, 1.54) is 19.2 Å². The normalized spacial score (nSPS) is 15.4. The summed E-state index contributed by atoms with van der Waals surface area (Å²) in [6, 6.07) is 3.83. The van der Waals surface area contributed by atoms with Gasteiger partial charge in [0.05, 0.1) is 7.11 Å². The predicted molar refractivity (Wildman–Crippen MR) is 78.9 cm³/mol. The monoisotopic (exact) mass is 323 g/mol. The van der Waals surface area contributed by atoms with Gasteiger partial charge in [0, 0.05) is 18.4 Å². The Hall–Kier alpha value is -2.44. The first-order valence-electron chi connectivity index (χ1n) is 7.29. The number of hydrogen-bond acceptors (Lipinski definition) is 4. The van der Waals surface area contributed by atoms with Crippen molar-refractivity contribution in [2.24, 2.45) is 0 Å². The van der Waals surface area contributed by atoms with Crippen molar-refractivity contribution in [2.45, 2.75) is 37.6 Å². The van der Waals surface area contributed by atoms with E-state index in [1.807, 2.05) is 0 Å². The quantitative estimate of drug-likeness (QED) is 0.748. The number of carbonyl (C=O) groups excluding carboxylic acids is 2. The van der Waals surface area contributed by atoms with Crippen molar-refractivity contribution in [3.05, 3.63) is 29.6 Å². The molecule has 0 atom stereocenters. The van der Waals surface area contributed by atoms with Crippen molar-refractivity contribution in [3.8, 4) is 5.75 Å². The standard InChI is InChI=1S/C16H18FNO5/c1-23-13-5-3-10(9-11(13)17)12(19)4-6-14(20)18-16(15(21)22)7-2-8-16/h3,5,9H,2,4,6-8H2,1H3,(H,18,20)(H,21,22). The highest BCUT2D eigenvalue weighted by atomic mass is 19.1. The van der Waals surface area contributed by atoms with Gasteiger partial charge in [0.15, 0.2) is 17.3 Å². The highest BCUT2D eigenvalue weighted by molar-refractivity contribution is 5.98. The van der Waals surface area contributed by atoms with Crippen LogP contribution in [-0.2, 0) is 9.59 Å². The van der Waals surface area contributed by atoms with E-state index in [1.54, 1.807) is 0 Å². The Balaban J connectivity index is 1.90. The lowest BCUT2D eigenvalue weighted by atomic mass is 9.76. The molecular formula is C16H18FNO5. The largest absolute Gasteiger partial charge is 0.494 e. The van der Waals surface area contributed by atoms with Gasteiger partial charge < -0.3 is 15.2 Å². The first-order valence-corrected chi connectivity index (χ1v) is 7.29. The first-order chi connectivity index (χ1) is 10.9. The fourth-order valence-corrected chi connectivity index (χ4v) is 2.46. The molecule has 1 aliphatic carbocycles. The van der Waals surface area contributed by atoms with E-state index in [4.69, 9.17) is 9.84 Å². The third kappa shape index (κ3) is 3.67. The summed E-state index contributed by atoms with van der Waals surface area (Å²) in [5, 5.41) is 11.6. The number of nitrogens with one attached hydrogen (secondary N) is 1. The molecule has 2 N–H and O–H groups in total. The minimum Gasteiger partial charge on any atom is -0.494 e. The molecule has 1 aromatic carbocycles. The van der Waals surface area contributed by atoms with Crippen molar-refractivity contribution < 1.29 is 28.6 Å². The molecule has 1 aromatic rings. The number of halogens is 1. The number of benzene rings is 1. The summed E-state index contributed by atoms with van der Waals surface area (Å²) in [6.45, 7) is 0. The number of rotatable bonds is 7. The smallest absolute Gasteiger partial charge is 0.329 e. The van der Waals surface area contributed by atoms with Gasteiger partial charge in [0.1, 0.15) is 5.54 Å². The predicted octanol–water partition coefficient (Wildman–Crippen LogP) is 1.92. The van der Waals surface area contributed by atoms with Crippen LogP contribution >= 0.6 is 0 Å². The number of ketones is 1. The van der Waals surface area contributed by atoms with Crippen LogP contribution in [0, 0.1) is 5.82 Å². The number of hydrogen-bond donors (Lipinski definition) is 2. The molecule has 0 radical (unpaired) electrons. The van der Waals surface area contributed by atoms with E-state index in [9.17, 15) is 18.8 Å². The summed E-state index contributed by atoms with van der Waals surface area (Å²) in [6.07, 6.45) is 1.28. The Bertz CT molecular complexity index is 639. The van der Waals surface area contributed by atoms with Crippen molar-refractivity contribution in [1.82, 2.24) is 5.32 Å². The summed E-state index contributed by atoms with van der Waals surface area (Å²) in [4.78, 5) is 35.0. The van der Waals surface area contributed by atoms with Gasteiger partial charge in [-0.1, -0.05) is 0 Å². The molecule has 2 rings (SSSR count). The molecule has 0 heterocycles. The third-order valence-electron chi connectivity index (χ3n) is 4.05. The number of carbonyl (C=O) groups is 3. The van der Waals surface area contributed by atoms with Gasteiger partial charge in [-0.2, -0.15) is 0 Å². The second kappa shape index (κ2) is 6.76. The zero-order chi connectivity index (χ0) is 17.0. The van der Waals surface area contributed by atoms with Crippen LogP contribution in [-0.4, -0.2) is 35.4 Å². The summed E-state index contributed by atoms with van der Waals surface area (Å²) in [5.74, 6) is -2.55. The second-order valence-electron chi connectivity index (χ2n) is 5.56. The van der Waals surface area contributed by atoms with Crippen LogP contribution in [0.25, 0.3) is 0 Å². The molecule has 1 saturated carbocycles. The Labute approximate surface area is 132 Å². The van der Waals surface area contributed by atoms with E-state index in [0.717, 1.165) is 12.5 Å². The third-order valence-corrected chi connectivity index (χ3v) is 4.05. The van der Waals surface area contributed by atoms with Crippen LogP contribution in [0.15, 0.2) is 18.2 Å². The molecule has 124 valence electrons. The molecule has 23 heavy (non-hydrogen) atoms. The second-order valence-corrected chi connectivity index (χ2v) is 5.56. The number of amides is 1. The Kier molecular flexibility index (Phi) is 4.98. The maximum Gasteiger partial charge on any atom is 0.329 e. The molecule has 6 nitrogen and oxygen atoms in total. The van der Waals surface area contributed by atoms with E-state index in [-0.39, 0.29) is 29.9 Å². The molecule has 0 aliphatic heterocycles. The van der Waals surface area contributed by atoms with Gasteiger partial charge in [-0.25, -0.2) is 9.18 Å². The Morgan fingerprint density at radius 3 is 2.48 bits per heavy atom. The van der Waals surface area contributed by atoms with E-state index < -0.39 is 23.2 Å². The van der Waals surface area contributed by atoms with Crippen molar-refractivity contribution >= 4 is 17.7 Å². The van der Waals surface area contributed by atoms with Crippen LogP contribution in [0.2, 0.25) is 0 Å². The number of carboxylic acids is 1. The number of methoxy groups -OCH3 is 1. The van der Waals surface area contributed by atoms with Crippen molar-refractivity contribution in [3.63, 3.8) is 0 Å². The topological polar surface area (TPSA) is 92.7 Å². The number of ether oxygens (including phenoxy) is 1. The van der Waals surface area contributed by atoms with Gasteiger partial charge >= 0.3 is 5.97 Å². The zero-order valence-electron chi connectivity index (χ0n) is 12.7. The Morgan fingerprint density at radius 1 is 1.30 bits per heavy atom. The van der Waals surface area contributed by atoms with Crippen LogP contribution in [0.3, 0.4) is 0 Å². The summed E-state index contributed by atoms with van der Waals surface area (Å²) in [7, 11) is 1.32. The van der Waals surface area contributed by atoms with Crippen molar-refractivity contribution in [1.29, 1.82) is 0 Å². The fraction of sp³-hybridized carbons (Fsp3) is 0.438. The molecule has 1 aliphatic rings. The van der Waals surface area contributed by atoms with Crippen LogP contribution in [0.5, 0.6) is 5.75 Å². The average molecular weight is 323 g/mol. The summed E-state index contributed by atoms with van der Waals surface area (Å²) in [5.41, 5.74) is -1.04. The van der Waals surface area contributed by atoms with E-state index in [2.05, 4.69) is 5.32 Å². The maximum atomic E-state index is 13.6. The van der Waals surface area contributed by atoms with E-state index in [0.29, 0.717) is 12.8 Å². The van der Waals surface area contributed by atoms with Gasteiger partial charge in [-0.15, -0.1) is 0 Å². The lowest BCUT2D eigenvalue weighted by Gasteiger charge is -2.38. The van der Waals surface area contributed by atoms with Crippen LogP contribution in [0.1, 0.15) is 42.5 Å². The fourth-order valence-electron chi connectivity index (χ4n) is 2.46. The van der Waals surface area contributed by atoms with Gasteiger partial charge in [-0.05, 0) is 37.5 Å². The van der Waals surface area contributed by atoms with E-state index >= 15 is 0 Å². The average Bonchev–Trinajstić information content (AvgIpc) is 2.48. The number of Topliss-reactive ketones (excluding diaryl/α,β-unsaturated/α-hetero) is 1. The SMILES string of the molecule is COc1ccc(C(=O)CCC(=O)NC2(C(=O)O)CCC2)cc1F. The van der Waals surface area contributed by atoms with Gasteiger partial charge in [-0.3, -0.25) is 9.59 Å². The molecule has 0 unspecified atom stereocenters. The minimum atomic E-state index is -1.19. The number of aliphatic carboxylic acids is 1. The van der Waals surface area contributed by atoms with Crippen molar-refractivity contribution in [2.75, 3.05) is 7.11 Å². The molecule has 0 aromatic heterocycles. The summed E-state index contributed by atoms with van der Waals surface area (Å²) < 4.78 is 18.3. The maximum absolute atomic E-state index is 13.6. The molecule has 0 spiro atoms. The number of carboxylic acid groups (broad SMARTS) is 1.